The Morgan fingerprint density at radius 2 is 1.82 bits per heavy atom. The lowest BCUT2D eigenvalue weighted by atomic mass is 10.2. The van der Waals surface area contributed by atoms with Gasteiger partial charge in [-0.2, -0.15) is 0 Å². The Hall–Kier alpha value is -2.27. The third-order valence-corrected chi connectivity index (χ3v) is 4.04. The van der Waals surface area contributed by atoms with E-state index in [0.29, 0.717) is 11.4 Å². The van der Waals surface area contributed by atoms with Crippen LogP contribution in [0.5, 0.6) is 0 Å². The van der Waals surface area contributed by atoms with Gasteiger partial charge in [0.25, 0.3) is 5.91 Å². The first-order chi connectivity index (χ1) is 10.6. The number of amides is 1. The van der Waals surface area contributed by atoms with Crippen molar-refractivity contribution in [3.8, 4) is 0 Å². The van der Waals surface area contributed by atoms with Crippen LogP contribution < -0.4 is 15.5 Å². The highest BCUT2D eigenvalue weighted by Crippen LogP contribution is 2.23. The van der Waals surface area contributed by atoms with Gasteiger partial charge in [0.2, 0.25) is 0 Å². The molecule has 1 aromatic heterocycles. The number of rotatable bonds is 3. The van der Waals surface area contributed by atoms with Gasteiger partial charge in [-0.3, -0.25) is 4.79 Å². The first-order valence-electron chi connectivity index (χ1n) is 7.15. The highest BCUT2D eigenvalue weighted by atomic mass is 35.5. The predicted octanol–water partition coefficient (Wildman–Crippen LogP) is 2.16. The number of hydrogen-bond acceptors (Lipinski definition) is 4. The average molecular weight is 317 g/mol. The fourth-order valence-corrected chi connectivity index (χ4v) is 2.88. The molecule has 0 atom stereocenters. The summed E-state index contributed by atoms with van der Waals surface area (Å²) in [5.74, 6) is 0.223. The van der Waals surface area contributed by atoms with Gasteiger partial charge in [0, 0.05) is 43.1 Å². The number of pyridine rings is 1. The van der Waals surface area contributed by atoms with Crippen LogP contribution in [0.3, 0.4) is 0 Å². The van der Waals surface area contributed by atoms with E-state index in [4.69, 9.17) is 17.3 Å². The smallest absolute Gasteiger partial charge is 0.252 e. The highest BCUT2D eigenvalue weighted by molar-refractivity contribution is 6.30. The molecule has 5 nitrogen and oxygen atoms in total. The Labute approximate surface area is 134 Å². The molecule has 114 valence electrons. The molecule has 1 aliphatic heterocycles. The van der Waals surface area contributed by atoms with Gasteiger partial charge in [0.15, 0.2) is 0 Å². The summed E-state index contributed by atoms with van der Waals surface area (Å²) in [4.78, 5) is 20.2. The maximum Gasteiger partial charge on any atom is 0.252 e. The zero-order valence-electron chi connectivity index (χ0n) is 12.1. The van der Waals surface area contributed by atoms with Gasteiger partial charge in [0.05, 0.1) is 5.56 Å². The molecule has 2 N–H and O–H groups in total. The monoisotopic (exact) mass is 316 g/mol. The molecule has 2 heterocycles. The standard InChI is InChI=1S/C16H17ClN4O/c17-12-3-1-4-13(11-12)20-7-9-21(10-8-20)16-14(15(18)22)5-2-6-19-16/h1-6,11H,7-10H2,(H2,18,22). The number of halogens is 1. The molecule has 1 saturated heterocycles. The van der Waals surface area contributed by atoms with Crippen molar-refractivity contribution in [2.45, 2.75) is 0 Å². The maximum absolute atomic E-state index is 11.5. The summed E-state index contributed by atoms with van der Waals surface area (Å²) in [5.41, 5.74) is 7.01. The number of hydrogen-bond donors (Lipinski definition) is 1. The number of benzene rings is 1. The summed E-state index contributed by atoms with van der Waals surface area (Å²) in [6, 6.07) is 11.3. The second-order valence-electron chi connectivity index (χ2n) is 5.19. The van der Waals surface area contributed by atoms with E-state index < -0.39 is 5.91 Å². The largest absolute Gasteiger partial charge is 0.368 e. The van der Waals surface area contributed by atoms with E-state index in [2.05, 4.69) is 20.9 Å². The van der Waals surface area contributed by atoms with Crippen molar-refractivity contribution in [1.82, 2.24) is 4.98 Å². The Kier molecular flexibility index (Phi) is 4.15. The molecule has 0 radical (unpaired) electrons. The maximum atomic E-state index is 11.5. The van der Waals surface area contributed by atoms with Crippen LogP contribution in [0, 0.1) is 0 Å². The number of carbonyl (C=O) groups excluding carboxylic acids is 1. The lowest BCUT2D eigenvalue weighted by molar-refractivity contribution is 0.100. The molecular formula is C16H17ClN4O. The fourth-order valence-electron chi connectivity index (χ4n) is 2.69. The summed E-state index contributed by atoms with van der Waals surface area (Å²) in [6.45, 7) is 3.25. The van der Waals surface area contributed by atoms with Crippen LogP contribution in [-0.2, 0) is 0 Å². The summed E-state index contributed by atoms with van der Waals surface area (Å²) in [7, 11) is 0. The van der Waals surface area contributed by atoms with Gasteiger partial charge in [-0.1, -0.05) is 17.7 Å². The van der Waals surface area contributed by atoms with Crippen molar-refractivity contribution in [2.75, 3.05) is 36.0 Å². The number of primary amides is 1. The van der Waals surface area contributed by atoms with Crippen molar-refractivity contribution in [1.29, 1.82) is 0 Å². The fraction of sp³-hybridized carbons (Fsp3) is 0.250. The van der Waals surface area contributed by atoms with Crippen LogP contribution in [0.4, 0.5) is 11.5 Å². The SMILES string of the molecule is NC(=O)c1cccnc1N1CCN(c2cccc(Cl)c2)CC1. The molecule has 0 bridgehead atoms. The molecular weight excluding hydrogens is 300 g/mol. The molecule has 22 heavy (non-hydrogen) atoms. The van der Waals surface area contributed by atoms with Crippen LogP contribution in [0.2, 0.25) is 5.02 Å². The minimum absolute atomic E-state index is 0.444. The third kappa shape index (κ3) is 2.99. The van der Waals surface area contributed by atoms with E-state index in [0.717, 1.165) is 36.9 Å². The number of carbonyl (C=O) groups is 1. The van der Waals surface area contributed by atoms with Gasteiger partial charge in [-0.15, -0.1) is 0 Å². The summed E-state index contributed by atoms with van der Waals surface area (Å²) in [5, 5.41) is 0.737. The number of nitrogens with two attached hydrogens (primary N) is 1. The predicted molar refractivity (Wildman–Crippen MR) is 88.6 cm³/mol. The van der Waals surface area contributed by atoms with Crippen LogP contribution in [0.25, 0.3) is 0 Å². The van der Waals surface area contributed by atoms with E-state index in [1.807, 2.05) is 18.2 Å². The van der Waals surface area contributed by atoms with E-state index in [9.17, 15) is 4.79 Å². The first kappa shape index (κ1) is 14.7. The van der Waals surface area contributed by atoms with Gasteiger partial charge in [0.1, 0.15) is 5.82 Å². The summed E-state index contributed by atoms with van der Waals surface area (Å²) in [6.07, 6.45) is 1.69. The van der Waals surface area contributed by atoms with Crippen molar-refractivity contribution >= 4 is 29.0 Å². The van der Waals surface area contributed by atoms with Gasteiger partial charge in [-0.25, -0.2) is 4.98 Å². The van der Waals surface area contributed by atoms with Crippen LogP contribution in [0.15, 0.2) is 42.6 Å². The molecule has 0 saturated carbocycles. The quantitative estimate of drug-likeness (QED) is 0.942. The van der Waals surface area contributed by atoms with Crippen molar-refractivity contribution in [2.24, 2.45) is 5.73 Å². The van der Waals surface area contributed by atoms with Crippen molar-refractivity contribution < 1.29 is 4.79 Å². The molecule has 0 aliphatic carbocycles. The molecule has 1 aliphatic rings. The van der Waals surface area contributed by atoms with Crippen LogP contribution in [-0.4, -0.2) is 37.1 Å². The Morgan fingerprint density at radius 1 is 1.09 bits per heavy atom. The van der Waals surface area contributed by atoms with Crippen molar-refractivity contribution in [3.05, 3.63) is 53.2 Å². The van der Waals surface area contributed by atoms with Crippen molar-refractivity contribution in [3.63, 3.8) is 0 Å². The molecule has 0 spiro atoms. The molecule has 6 heteroatoms. The first-order valence-corrected chi connectivity index (χ1v) is 7.53. The summed E-state index contributed by atoms with van der Waals surface area (Å²) >= 11 is 6.05. The second-order valence-corrected chi connectivity index (χ2v) is 5.63. The summed E-state index contributed by atoms with van der Waals surface area (Å²) < 4.78 is 0. The van der Waals surface area contributed by atoms with Gasteiger partial charge in [-0.05, 0) is 30.3 Å². The zero-order chi connectivity index (χ0) is 15.5. The molecule has 3 rings (SSSR count). The Balaban J connectivity index is 1.73. The Bertz CT molecular complexity index is 683. The van der Waals surface area contributed by atoms with Crippen LogP contribution in [0.1, 0.15) is 10.4 Å². The zero-order valence-corrected chi connectivity index (χ0v) is 12.8. The minimum atomic E-state index is -0.444. The number of anilines is 2. The molecule has 1 amide bonds. The topological polar surface area (TPSA) is 62.5 Å². The van der Waals surface area contributed by atoms with Crippen LogP contribution >= 0.6 is 11.6 Å². The lowest BCUT2D eigenvalue weighted by Gasteiger charge is -2.37. The molecule has 0 unspecified atom stereocenters. The molecule has 1 aromatic carbocycles. The highest BCUT2D eigenvalue weighted by Gasteiger charge is 2.21. The lowest BCUT2D eigenvalue weighted by Crippen LogP contribution is -2.47. The number of nitrogens with zero attached hydrogens (tertiary/aromatic N) is 3. The third-order valence-electron chi connectivity index (χ3n) is 3.80. The molecule has 2 aromatic rings. The van der Waals surface area contributed by atoms with E-state index >= 15 is 0 Å². The van der Waals surface area contributed by atoms with E-state index in [-0.39, 0.29) is 0 Å². The normalized spacial score (nSPS) is 15.0. The second kappa shape index (κ2) is 6.23. The number of aromatic nitrogens is 1. The van der Waals surface area contributed by atoms with Gasteiger partial charge >= 0.3 is 0 Å². The van der Waals surface area contributed by atoms with E-state index in [1.165, 1.54) is 0 Å². The average Bonchev–Trinajstić information content (AvgIpc) is 2.55. The molecule has 1 fully saturated rings. The van der Waals surface area contributed by atoms with Gasteiger partial charge < -0.3 is 15.5 Å². The van der Waals surface area contributed by atoms with E-state index in [1.54, 1.807) is 18.3 Å². The number of piperazine rings is 1. The minimum Gasteiger partial charge on any atom is -0.368 e. The Morgan fingerprint density at radius 3 is 2.50 bits per heavy atom.